The third-order valence-electron chi connectivity index (χ3n) is 7.06. The van der Waals surface area contributed by atoms with E-state index in [4.69, 9.17) is 4.74 Å². The monoisotopic (exact) mass is 413 g/mol. The second kappa shape index (κ2) is 8.58. The number of benzene rings is 1. The summed E-state index contributed by atoms with van der Waals surface area (Å²) in [6, 6.07) is 7.15. The zero-order valence-corrected chi connectivity index (χ0v) is 18.6. The molecular formula is C24H35N3O3. The standard InChI is InChI=1S/C24H35N3O3/c1-18(2)17-25-13-15-26(16-14-25)22(28)21-24(11-5-4-6-12-24)23(29)27(21)19-7-9-20(30-3)10-8-19/h7-10,18,21H,4-6,11-17H2,1-3H3. The Morgan fingerprint density at radius 2 is 1.70 bits per heavy atom. The summed E-state index contributed by atoms with van der Waals surface area (Å²) in [5.74, 6) is 1.65. The molecule has 2 saturated heterocycles. The van der Waals surface area contributed by atoms with Crippen LogP contribution in [0, 0.1) is 11.3 Å². The number of rotatable bonds is 5. The fourth-order valence-electron chi connectivity index (χ4n) is 5.52. The summed E-state index contributed by atoms with van der Waals surface area (Å²) in [7, 11) is 1.63. The van der Waals surface area contributed by atoms with Gasteiger partial charge in [0.2, 0.25) is 11.8 Å². The van der Waals surface area contributed by atoms with Crippen LogP contribution in [0.2, 0.25) is 0 Å². The summed E-state index contributed by atoms with van der Waals surface area (Å²) in [5, 5.41) is 0. The first-order valence-corrected chi connectivity index (χ1v) is 11.4. The van der Waals surface area contributed by atoms with Crippen molar-refractivity contribution in [3.63, 3.8) is 0 Å². The van der Waals surface area contributed by atoms with E-state index in [1.54, 1.807) is 12.0 Å². The van der Waals surface area contributed by atoms with E-state index in [-0.39, 0.29) is 17.9 Å². The number of carbonyl (C=O) groups excluding carboxylic acids is 2. The topological polar surface area (TPSA) is 53.1 Å². The van der Waals surface area contributed by atoms with Gasteiger partial charge < -0.3 is 9.64 Å². The lowest BCUT2D eigenvalue weighted by Crippen LogP contribution is -2.75. The summed E-state index contributed by atoms with van der Waals surface area (Å²) < 4.78 is 5.26. The van der Waals surface area contributed by atoms with Crippen LogP contribution in [0.15, 0.2) is 24.3 Å². The minimum absolute atomic E-state index is 0.129. The Morgan fingerprint density at radius 1 is 1.07 bits per heavy atom. The molecule has 1 aromatic rings. The molecule has 2 heterocycles. The number of nitrogens with zero attached hydrogens (tertiary/aromatic N) is 3. The third kappa shape index (κ3) is 3.70. The van der Waals surface area contributed by atoms with Crippen LogP contribution in [-0.2, 0) is 9.59 Å². The largest absolute Gasteiger partial charge is 0.497 e. The number of carbonyl (C=O) groups is 2. The maximum atomic E-state index is 13.7. The minimum atomic E-state index is -0.496. The molecule has 1 spiro atoms. The summed E-state index contributed by atoms with van der Waals surface area (Å²) >= 11 is 0. The highest BCUT2D eigenvalue weighted by Gasteiger charge is 2.64. The van der Waals surface area contributed by atoms with E-state index in [0.717, 1.165) is 76.3 Å². The van der Waals surface area contributed by atoms with E-state index in [0.29, 0.717) is 5.92 Å². The molecule has 0 aromatic heterocycles. The number of ether oxygens (including phenoxy) is 1. The van der Waals surface area contributed by atoms with E-state index in [9.17, 15) is 9.59 Å². The van der Waals surface area contributed by atoms with E-state index in [1.807, 2.05) is 29.2 Å². The fourth-order valence-corrected chi connectivity index (χ4v) is 5.52. The van der Waals surface area contributed by atoms with Gasteiger partial charge in [-0.1, -0.05) is 33.1 Å². The van der Waals surface area contributed by atoms with Crippen molar-refractivity contribution in [3.8, 4) is 5.75 Å². The molecule has 1 atom stereocenters. The van der Waals surface area contributed by atoms with Crippen LogP contribution in [0.25, 0.3) is 0 Å². The van der Waals surface area contributed by atoms with Crippen molar-refractivity contribution in [2.24, 2.45) is 11.3 Å². The van der Waals surface area contributed by atoms with Gasteiger partial charge in [-0.3, -0.25) is 19.4 Å². The number of β-lactam (4-membered cyclic amide) rings is 1. The van der Waals surface area contributed by atoms with Crippen molar-refractivity contribution < 1.29 is 14.3 Å². The highest BCUT2D eigenvalue weighted by molar-refractivity contribution is 6.14. The Balaban J connectivity index is 1.54. The van der Waals surface area contributed by atoms with E-state index in [1.165, 1.54) is 0 Å². The van der Waals surface area contributed by atoms with Crippen molar-refractivity contribution in [1.82, 2.24) is 9.80 Å². The Kier molecular flexibility index (Phi) is 6.05. The maximum Gasteiger partial charge on any atom is 0.246 e. The van der Waals surface area contributed by atoms with Gasteiger partial charge in [0.1, 0.15) is 11.8 Å². The molecule has 30 heavy (non-hydrogen) atoms. The van der Waals surface area contributed by atoms with Gasteiger partial charge in [0.05, 0.1) is 12.5 Å². The molecule has 1 aliphatic carbocycles. The summed E-state index contributed by atoms with van der Waals surface area (Å²) in [4.78, 5) is 33.3. The van der Waals surface area contributed by atoms with Crippen LogP contribution in [0.4, 0.5) is 5.69 Å². The average Bonchev–Trinajstić information content (AvgIpc) is 2.77. The van der Waals surface area contributed by atoms with Gasteiger partial charge in [0.25, 0.3) is 0 Å². The number of anilines is 1. The van der Waals surface area contributed by atoms with Gasteiger partial charge in [0, 0.05) is 38.4 Å². The van der Waals surface area contributed by atoms with E-state index in [2.05, 4.69) is 18.7 Å². The molecule has 6 nitrogen and oxygen atoms in total. The molecule has 1 unspecified atom stereocenters. The van der Waals surface area contributed by atoms with Crippen LogP contribution >= 0.6 is 0 Å². The first-order chi connectivity index (χ1) is 14.5. The smallest absolute Gasteiger partial charge is 0.246 e. The molecule has 1 saturated carbocycles. The van der Waals surface area contributed by atoms with E-state index >= 15 is 0 Å². The second-order valence-electron chi connectivity index (χ2n) is 9.51. The predicted octanol–water partition coefficient (Wildman–Crippen LogP) is 3.16. The Labute approximate surface area is 180 Å². The Morgan fingerprint density at radius 3 is 2.27 bits per heavy atom. The molecule has 4 rings (SSSR count). The molecule has 0 N–H and O–H groups in total. The van der Waals surface area contributed by atoms with Gasteiger partial charge in [-0.05, 0) is 43.0 Å². The van der Waals surface area contributed by atoms with Crippen LogP contribution in [-0.4, -0.2) is 67.5 Å². The number of hydrogen-bond acceptors (Lipinski definition) is 4. The summed E-state index contributed by atoms with van der Waals surface area (Å²) in [5.41, 5.74) is 0.304. The quantitative estimate of drug-likeness (QED) is 0.696. The number of methoxy groups -OCH3 is 1. The van der Waals surface area contributed by atoms with Crippen molar-refractivity contribution in [2.75, 3.05) is 44.7 Å². The van der Waals surface area contributed by atoms with Crippen LogP contribution in [0.1, 0.15) is 46.0 Å². The molecule has 2 aliphatic heterocycles. The number of amides is 2. The number of hydrogen-bond donors (Lipinski definition) is 0. The molecule has 0 bridgehead atoms. The zero-order chi connectivity index (χ0) is 21.3. The number of piperazine rings is 1. The van der Waals surface area contributed by atoms with Gasteiger partial charge >= 0.3 is 0 Å². The highest BCUT2D eigenvalue weighted by Crippen LogP contribution is 2.52. The van der Waals surface area contributed by atoms with Crippen molar-refractivity contribution in [3.05, 3.63) is 24.3 Å². The van der Waals surface area contributed by atoms with Crippen LogP contribution < -0.4 is 9.64 Å². The van der Waals surface area contributed by atoms with Gasteiger partial charge in [-0.25, -0.2) is 0 Å². The SMILES string of the molecule is COc1ccc(N2C(=O)C3(CCCCC3)C2C(=O)N2CCN(CC(C)C)CC2)cc1. The molecule has 3 fully saturated rings. The minimum Gasteiger partial charge on any atom is -0.497 e. The van der Waals surface area contributed by atoms with Gasteiger partial charge in [0.15, 0.2) is 0 Å². The molecular weight excluding hydrogens is 378 g/mol. The first-order valence-electron chi connectivity index (χ1n) is 11.4. The Hall–Kier alpha value is -2.08. The summed E-state index contributed by atoms with van der Waals surface area (Å²) in [6.07, 6.45) is 4.90. The molecule has 1 aromatic carbocycles. The maximum absolute atomic E-state index is 13.7. The van der Waals surface area contributed by atoms with E-state index < -0.39 is 5.41 Å². The predicted molar refractivity (Wildman–Crippen MR) is 118 cm³/mol. The third-order valence-corrected chi connectivity index (χ3v) is 7.06. The van der Waals surface area contributed by atoms with Crippen molar-refractivity contribution >= 4 is 17.5 Å². The lowest BCUT2D eigenvalue weighted by atomic mass is 9.61. The summed E-state index contributed by atoms with van der Waals surface area (Å²) in [6.45, 7) is 8.88. The lowest BCUT2D eigenvalue weighted by Gasteiger charge is -2.57. The second-order valence-corrected chi connectivity index (χ2v) is 9.51. The fraction of sp³-hybridized carbons (Fsp3) is 0.667. The van der Waals surface area contributed by atoms with Gasteiger partial charge in [-0.2, -0.15) is 0 Å². The van der Waals surface area contributed by atoms with Crippen LogP contribution in [0.5, 0.6) is 5.75 Å². The average molecular weight is 414 g/mol. The molecule has 6 heteroatoms. The van der Waals surface area contributed by atoms with Crippen molar-refractivity contribution in [1.29, 1.82) is 0 Å². The van der Waals surface area contributed by atoms with Gasteiger partial charge in [-0.15, -0.1) is 0 Å². The Bertz CT molecular complexity index is 762. The lowest BCUT2D eigenvalue weighted by molar-refractivity contribution is -0.156. The normalized spacial score (nSPS) is 24.3. The molecule has 3 aliphatic rings. The molecule has 164 valence electrons. The van der Waals surface area contributed by atoms with Crippen molar-refractivity contribution in [2.45, 2.75) is 52.0 Å². The first kappa shape index (κ1) is 21.2. The van der Waals surface area contributed by atoms with Crippen LogP contribution in [0.3, 0.4) is 0 Å². The highest BCUT2D eigenvalue weighted by atomic mass is 16.5. The molecule has 0 radical (unpaired) electrons. The zero-order valence-electron chi connectivity index (χ0n) is 18.6. The molecule has 2 amide bonds.